The highest BCUT2D eigenvalue weighted by molar-refractivity contribution is 7.12. The van der Waals surface area contributed by atoms with Crippen LogP contribution in [0.1, 0.15) is 36.1 Å². The molecule has 1 aliphatic heterocycles. The van der Waals surface area contributed by atoms with Crippen LogP contribution in [0.5, 0.6) is 0 Å². The van der Waals surface area contributed by atoms with Gasteiger partial charge in [0.25, 0.3) is 0 Å². The molecule has 0 radical (unpaired) electrons. The molecule has 2 rings (SSSR count). The SMILES string of the molecule is CCNCc1cc(CN2CC(C)OCC2C)c(C)s1. The van der Waals surface area contributed by atoms with Crippen molar-refractivity contribution in [3.63, 3.8) is 0 Å². The molecule has 2 heterocycles. The highest BCUT2D eigenvalue weighted by Gasteiger charge is 2.24. The van der Waals surface area contributed by atoms with Gasteiger partial charge in [0.1, 0.15) is 0 Å². The van der Waals surface area contributed by atoms with Gasteiger partial charge in [0.05, 0.1) is 12.7 Å². The number of thiophene rings is 1. The molecule has 0 aliphatic carbocycles. The maximum absolute atomic E-state index is 5.70. The minimum absolute atomic E-state index is 0.358. The Bertz CT molecular complexity index is 405. The molecule has 4 heteroatoms. The van der Waals surface area contributed by atoms with E-state index >= 15 is 0 Å². The van der Waals surface area contributed by atoms with Crippen molar-refractivity contribution < 1.29 is 4.74 Å². The van der Waals surface area contributed by atoms with Crippen LogP contribution in [0.15, 0.2) is 6.07 Å². The van der Waals surface area contributed by atoms with Gasteiger partial charge in [-0.2, -0.15) is 0 Å². The van der Waals surface area contributed by atoms with Gasteiger partial charge < -0.3 is 10.1 Å². The zero-order chi connectivity index (χ0) is 13.8. The second-order valence-corrected chi connectivity index (χ2v) is 6.84. The van der Waals surface area contributed by atoms with Gasteiger partial charge in [0, 0.05) is 35.4 Å². The number of nitrogens with zero attached hydrogens (tertiary/aromatic N) is 1. The molecule has 0 spiro atoms. The van der Waals surface area contributed by atoms with Crippen molar-refractivity contribution in [2.45, 2.75) is 52.9 Å². The van der Waals surface area contributed by atoms with Crippen LogP contribution in [0.25, 0.3) is 0 Å². The minimum Gasteiger partial charge on any atom is -0.376 e. The Balaban J connectivity index is 1.99. The van der Waals surface area contributed by atoms with E-state index in [1.807, 2.05) is 11.3 Å². The van der Waals surface area contributed by atoms with Crippen molar-refractivity contribution in [1.29, 1.82) is 0 Å². The Kier molecular flexibility index (Phi) is 5.39. The lowest BCUT2D eigenvalue weighted by atomic mass is 10.1. The zero-order valence-corrected chi connectivity index (χ0v) is 13.3. The second kappa shape index (κ2) is 6.84. The third-order valence-corrected chi connectivity index (χ3v) is 4.82. The molecule has 1 fully saturated rings. The lowest BCUT2D eigenvalue weighted by Crippen LogP contribution is -2.46. The second-order valence-electron chi connectivity index (χ2n) is 5.50. The largest absolute Gasteiger partial charge is 0.376 e. The van der Waals surface area contributed by atoms with E-state index in [4.69, 9.17) is 4.74 Å². The standard InChI is InChI=1S/C15H26N2OS/c1-5-16-7-15-6-14(13(4)19-15)9-17-8-12(3)18-10-11(17)2/h6,11-12,16H,5,7-10H2,1-4H3. The number of hydrogen-bond acceptors (Lipinski definition) is 4. The highest BCUT2D eigenvalue weighted by Crippen LogP contribution is 2.24. The van der Waals surface area contributed by atoms with Gasteiger partial charge in [0.2, 0.25) is 0 Å². The van der Waals surface area contributed by atoms with Gasteiger partial charge in [-0.1, -0.05) is 6.92 Å². The summed E-state index contributed by atoms with van der Waals surface area (Å²) in [6.45, 7) is 13.8. The van der Waals surface area contributed by atoms with E-state index in [1.54, 1.807) is 0 Å². The molecule has 1 N–H and O–H groups in total. The van der Waals surface area contributed by atoms with E-state index < -0.39 is 0 Å². The summed E-state index contributed by atoms with van der Waals surface area (Å²) in [6, 6.07) is 2.89. The van der Waals surface area contributed by atoms with Crippen molar-refractivity contribution in [3.8, 4) is 0 Å². The summed E-state index contributed by atoms with van der Waals surface area (Å²) in [5, 5.41) is 3.40. The first-order valence-corrected chi connectivity index (χ1v) is 8.06. The van der Waals surface area contributed by atoms with Crippen LogP contribution in [0.2, 0.25) is 0 Å². The number of ether oxygens (including phenoxy) is 1. The van der Waals surface area contributed by atoms with Gasteiger partial charge in [0.15, 0.2) is 0 Å². The highest BCUT2D eigenvalue weighted by atomic mass is 32.1. The van der Waals surface area contributed by atoms with Gasteiger partial charge in [-0.25, -0.2) is 0 Å². The van der Waals surface area contributed by atoms with Crippen LogP contribution in [0.4, 0.5) is 0 Å². The van der Waals surface area contributed by atoms with Crippen LogP contribution >= 0.6 is 11.3 Å². The number of rotatable bonds is 5. The average Bonchev–Trinajstić information content (AvgIpc) is 2.72. The molecule has 0 aromatic carbocycles. The summed E-state index contributed by atoms with van der Waals surface area (Å²) in [4.78, 5) is 5.45. The first-order valence-electron chi connectivity index (χ1n) is 7.24. The third kappa shape index (κ3) is 4.02. The molecule has 0 saturated carbocycles. The first kappa shape index (κ1) is 15.0. The van der Waals surface area contributed by atoms with E-state index in [-0.39, 0.29) is 0 Å². The van der Waals surface area contributed by atoms with Crippen molar-refractivity contribution in [2.24, 2.45) is 0 Å². The summed E-state index contributed by atoms with van der Waals surface area (Å²) in [6.07, 6.45) is 0.358. The summed E-state index contributed by atoms with van der Waals surface area (Å²) in [5.74, 6) is 0. The molecule has 0 amide bonds. The quantitative estimate of drug-likeness (QED) is 0.899. The molecule has 1 aliphatic rings. The van der Waals surface area contributed by atoms with E-state index in [0.717, 1.165) is 32.8 Å². The number of hydrogen-bond donors (Lipinski definition) is 1. The predicted molar refractivity (Wildman–Crippen MR) is 81.7 cm³/mol. The lowest BCUT2D eigenvalue weighted by molar-refractivity contribution is -0.0526. The van der Waals surface area contributed by atoms with Gasteiger partial charge in [-0.05, 0) is 38.9 Å². The Morgan fingerprint density at radius 1 is 1.47 bits per heavy atom. The van der Waals surface area contributed by atoms with Gasteiger partial charge in [-0.15, -0.1) is 11.3 Å². The van der Waals surface area contributed by atoms with Gasteiger partial charge in [-0.3, -0.25) is 4.90 Å². The molecule has 2 unspecified atom stereocenters. The molecule has 3 nitrogen and oxygen atoms in total. The normalized spacial score (nSPS) is 24.8. The zero-order valence-electron chi connectivity index (χ0n) is 12.5. The summed E-state index contributed by atoms with van der Waals surface area (Å²) < 4.78 is 5.70. The number of aryl methyl sites for hydroxylation is 1. The van der Waals surface area contributed by atoms with Gasteiger partial charge >= 0.3 is 0 Å². The fourth-order valence-electron chi connectivity index (χ4n) is 2.49. The topological polar surface area (TPSA) is 24.5 Å². The molecule has 1 aromatic heterocycles. The van der Waals surface area contributed by atoms with Crippen LogP contribution in [-0.2, 0) is 17.8 Å². The molecule has 2 atom stereocenters. The average molecular weight is 282 g/mol. The molecular weight excluding hydrogens is 256 g/mol. The van der Waals surface area contributed by atoms with Crippen LogP contribution in [0.3, 0.4) is 0 Å². The molecule has 1 aromatic rings. The number of morpholine rings is 1. The lowest BCUT2D eigenvalue weighted by Gasteiger charge is -2.36. The summed E-state index contributed by atoms with van der Waals surface area (Å²) >= 11 is 1.92. The predicted octanol–water partition coefficient (Wildman–Crippen LogP) is 2.78. The minimum atomic E-state index is 0.358. The molecule has 0 bridgehead atoms. The molecule has 19 heavy (non-hydrogen) atoms. The van der Waals surface area contributed by atoms with Crippen molar-refractivity contribution in [3.05, 3.63) is 21.4 Å². The fourth-order valence-corrected chi connectivity index (χ4v) is 3.51. The maximum atomic E-state index is 5.70. The first-order chi connectivity index (χ1) is 9.10. The third-order valence-electron chi connectivity index (χ3n) is 3.73. The maximum Gasteiger partial charge on any atom is 0.0674 e. The Morgan fingerprint density at radius 3 is 3.00 bits per heavy atom. The Labute approximate surface area is 121 Å². The van der Waals surface area contributed by atoms with Crippen LogP contribution in [0, 0.1) is 6.92 Å². The van der Waals surface area contributed by atoms with Crippen molar-refractivity contribution in [1.82, 2.24) is 10.2 Å². The van der Waals surface area contributed by atoms with Crippen LogP contribution < -0.4 is 5.32 Å². The Hall–Kier alpha value is -0.420. The van der Waals surface area contributed by atoms with E-state index in [2.05, 4.69) is 44.0 Å². The molecule has 108 valence electrons. The van der Waals surface area contributed by atoms with Crippen molar-refractivity contribution in [2.75, 3.05) is 19.7 Å². The van der Waals surface area contributed by atoms with E-state index in [0.29, 0.717) is 12.1 Å². The number of nitrogens with one attached hydrogen (secondary N) is 1. The summed E-state index contributed by atoms with van der Waals surface area (Å²) in [7, 11) is 0. The van der Waals surface area contributed by atoms with Crippen LogP contribution in [-0.4, -0.2) is 36.7 Å². The monoisotopic (exact) mass is 282 g/mol. The van der Waals surface area contributed by atoms with E-state index in [9.17, 15) is 0 Å². The summed E-state index contributed by atoms with van der Waals surface area (Å²) in [5.41, 5.74) is 1.49. The Morgan fingerprint density at radius 2 is 2.26 bits per heavy atom. The van der Waals surface area contributed by atoms with E-state index in [1.165, 1.54) is 15.3 Å². The fraction of sp³-hybridized carbons (Fsp3) is 0.733. The van der Waals surface area contributed by atoms with Crippen molar-refractivity contribution >= 4 is 11.3 Å². The molecular formula is C15H26N2OS. The molecule has 1 saturated heterocycles. The smallest absolute Gasteiger partial charge is 0.0674 e.